The first-order valence-corrected chi connectivity index (χ1v) is 6.06. The van der Waals surface area contributed by atoms with E-state index in [0.717, 1.165) is 17.4 Å². The molecule has 13 heavy (non-hydrogen) atoms. The molecular weight excluding hydrogens is 182 g/mol. The first-order chi connectivity index (χ1) is 6.09. The van der Waals surface area contributed by atoms with E-state index in [0.29, 0.717) is 6.04 Å². The summed E-state index contributed by atoms with van der Waals surface area (Å²) in [6, 6.07) is 0.413. The summed E-state index contributed by atoms with van der Waals surface area (Å²) in [5.41, 5.74) is 0. The molecule has 0 bridgehead atoms. The van der Waals surface area contributed by atoms with Gasteiger partial charge in [-0.15, -0.1) is 0 Å². The van der Waals surface area contributed by atoms with Crippen LogP contribution in [0.15, 0.2) is 0 Å². The maximum Gasteiger partial charge on any atom is 0.222 e. The Morgan fingerprint density at radius 3 is 2.62 bits per heavy atom. The molecule has 76 valence electrons. The van der Waals surface area contributed by atoms with Crippen molar-refractivity contribution in [3.8, 4) is 0 Å². The number of amides is 1. The van der Waals surface area contributed by atoms with Crippen molar-refractivity contribution < 1.29 is 4.79 Å². The molecule has 0 aromatic carbocycles. The number of carbonyl (C=O) groups excluding carboxylic acids is 1. The molecule has 2 nitrogen and oxygen atoms in total. The predicted octanol–water partition coefficient (Wildman–Crippen LogP) is 2.04. The molecule has 1 saturated heterocycles. The van der Waals surface area contributed by atoms with Gasteiger partial charge in [0, 0.05) is 23.0 Å². The van der Waals surface area contributed by atoms with Crippen LogP contribution in [0.2, 0.25) is 0 Å². The summed E-state index contributed by atoms with van der Waals surface area (Å²) in [7, 11) is 0. The van der Waals surface area contributed by atoms with E-state index in [2.05, 4.69) is 12.2 Å². The van der Waals surface area contributed by atoms with Crippen LogP contribution in [0, 0.1) is 5.92 Å². The van der Waals surface area contributed by atoms with Crippen LogP contribution in [-0.2, 0) is 4.79 Å². The molecule has 2 atom stereocenters. The third-order valence-electron chi connectivity index (χ3n) is 2.37. The number of hydrogen-bond acceptors (Lipinski definition) is 2. The quantitative estimate of drug-likeness (QED) is 0.741. The van der Waals surface area contributed by atoms with Crippen molar-refractivity contribution in [2.24, 2.45) is 5.92 Å². The summed E-state index contributed by atoms with van der Waals surface area (Å²) in [6.07, 6.45) is 2.38. The summed E-state index contributed by atoms with van der Waals surface area (Å²) in [6.45, 7) is 6.13. The summed E-state index contributed by atoms with van der Waals surface area (Å²) < 4.78 is 0. The summed E-state index contributed by atoms with van der Waals surface area (Å²) >= 11 is 1.97. The van der Waals surface area contributed by atoms with Crippen LogP contribution in [0.4, 0.5) is 0 Å². The van der Waals surface area contributed by atoms with Crippen LogP contribution in [0.25, 0.3) is 0 Å². The van der Waals surface area contributed by atoms with E-state index < -0.39 is 0 Å². The highest BCUT2D eigenvalue weighted by Crippen LogP contribution is 2.24. The van der Waals surface area contributed by atoms with Gasteiger partial charge in [0.05, 0.1) is 0 Å². The lowest BCUT2D eigenvalue weighted by Crippen LogP contribution is -2.41. The van der Waals surface area contributed by atoms with Crippen molar-refractivity contribution in [3.05, 3.63) is 0 Å². The first-order valence-electron chi connectivity index (χ1n) is 5.01. The number of thioether (sulfide) groups is 1. The molecule has 1 aliphatic rings. The van der Waals surface area contributed by atoms with Gasteiger partial charge in [0.2, 0.25) is 5.91 Å². The normalized spacial score (nSPS) is 28.9. The Bertz CT molecular complexity index is 174. The maximum atomic E-state index is 11.4. The number of hydrogen-bond donors (Lipinski definition) is 1. The minimum Gasteiger partial charge on any atom is -0.352 e. The predicted molar refractivity (Wildman–Crippen MR) is 57.9 cm³/mol. The second kappa shape index (κ2) is 4.89. The standard InChI is InChI=1S/C10H19NOS/c1-7(2)10(12)11-9-5-4-8(3)13-6-9/h7-9H,4-6H2,1-3H3,(H,11,12). The Morgan fingerprint density at radius 1 is 1.46 bits per heavy atom. The van der Waals surface area contributed by atoms with Gasteiger partial charge in [0.1, 0.15) is 0 Å². The van der Waals surface area contributed by atoms with Gasteiger partial charge >= 0.3 is 0 Å². The molecular formula is C10H19NOS. The van der Waals surface area contributed by atoms with E-state index in [1.165, 1.54) is 6.42 Å². The van der Waals surface area contributed by atoms with E-state index in [4.69, 9.17) is 0 Å². The van der Waals surface area contributed by atoms with Gasteiger partial charge in [-0.25, -0.2) is 0 Å². The van der Waals surface area contributed by atoms with Crippen LogP contribution < -0.4 is 5.32 Å². The zero-order chi connectivity index (χ0) is 9.84. The second-order valence-electron chi connectivity index (χ2n) is 4.08. The number of nitrogens with one attached hydrogen (secondary N) is 1. The molecule has 3 heteroatoms. The lowest BCUT2D eigenvalue weighted by molar-refractivity contribution is -0.124. The second-order valence-corrected chi connectivity index (χ2v) is 5.55. The molecule has 1 aliphatic heterocycles. The van der Waals surface area contributed by atoms with Gasteiger partial charge in [0.25, 0.3) is 0 Å². The zero-order valence-corrected chi connectivity index (χ0v) is 9.49. The Balaban J connectivity index is 2.26. The Kier molecular flexibility index (Phi) is 4.10. The van der Waals surface area contributed by atoms with Gasteiger partial charge in [-0.05, 0) is 12.8 Å². The lowest BCUT2D eigenvalue weighted by Gasteiger charge is -2.27. The van der Waals surface area contributed by atoms with Gasteiger partial charge in [-0.1, -0.05) is 20.8 Å². The van der Waals surface area contributed by atoms with Crippen LogP contribution >= 0.6 is 11.8 Å². The Morgan fingerprint density at radius 2 is 2.15 bits per heavy atom. The van der Waals surface area contributed by atoms with Crippen LogP contribution in [-0.4, -0.2) is 23.0 Å². The van der Waals surface area contributed by atoms with E-state index in [-0.39, 0.29) is 11.8 Å². The molecule has 1 rings (SSSR count). The van der Waals surface area contributed by atoms with Crippen molar-refractivity contribution >= 4 is 17.7 Å². The molecule has 1 fully saturated rings. The lowest BCUT2D eigenvalue weighted by atomic mass is 10.1. The molecule has 0 spiro atoms. The smallest absolute Gasteiger partial charge is 0.222 e. The average Bonchev–Trinajstić information content (AvgIpc) is 2.08. The fourth-order valence-corrected chi connectivity index (χ4v) is 2.48. The van der Waals surface area contributed by atoms with E-state index in [9.17, 15) is 4.79 Å². The minimum atomic E-state index is 0.115. The molecule has 1 amide bonds. The summed E-state index contributed by atoms with van der Waals surface area (Å²) in [4.78, 5) is 11.4. The SMILES string of the molecule is CC1CCC(NC(=O)C(C)C)CS1. The first kappa shape index (κ1) is 10.9. The third kappa shape index (κ3) is 3.59. The molecule has 0 radical (unpaired) electrons. The summed E-state index contributed by atoms with van der Waals surface area (Å²) in [5, 5.41) is 3.85. The highest BCUT2D eigenvalue weighted by Gasteiger charge is 2.20. The molecule has 1 heterocycles. The number of carbonyl (C=O) groups is 1. The highest BCUT2D eigenvalue weighted by atomic mass is 32.2. The highest BCUT2D eigenvalue weighted by molar-refractivity contribution is 7.99. The van der Waals surface area contributed by atoms with Crippen molar-refractivity contribution in [2.75, 3.05) is 5.75 Å². The van der Waals surface area contributed by atoms with Gasteiger partial charge in [0.15, 0.2) is 0 Å². The molecule has 0 aliphatic carbocycles. The van der Waals surface area contributed by atoms with Gasteiger partial charge in [-0.2, -0.15) is 11.8 Å². The van der Waals surface area contributed by atoms with Crippen molar-refractivity contribution in [1.29, 1.82) is 0 Å². The van der Waals surface area contributed by atoms with Gasteiger partial charge < -0.3 is 5.32 Å². The van der Waals surface area contributed by atoms with E-state index >= 15 is 0 Å². The number of rotatable bonds is 2. The fourth-order valence-electron chi connectivity index (χ4n) is 1.36. The minimum absolute atomic E-state index is 0.115. The zero-order valence-electron chi connectivity index (χ0n) is 8.67. The van der Waals surface area contributed by atoms with Crippen LogP contribution in [0.3, 0.4) is 0 Å². The molecule has 2 unspecified atom stereocenters. The maximum absolute atomic E-state index is 11.4. The van der Waals surface area contributed by atoms with Gasteiger partial charge in [-0.3, -0.25) is 4.79 Å². The fraction of sp³-hybridized carbons (Fsp3) is 0.900. The average molecular weight is 201 g/mol. The largest absolute Gasteiger partial charge is 0.352 e. The third-order valence-corrected chi connectivity index (χ3v) is 3.77. The Hall–Kier alpha value is -0.180. The van der Waals surface area contributed by atoms with Crippen molar-refractivity contribution in [2.45, 2.75) is 44.9 Å². The van der Waals surface area contributed by atoms with E-state index in [1.54, 1.807) is 0 Å². The van der Waals surface area contributed by atoms with Crippen molar-refractivity contribution in [3.63, 3.8) is 0 Å². The van der Waals surface area contributed by atoms with Crippen molar-refractivity contribution in [1.82, 2.24) is 5.32 Å². The van der Waals surface area contributed by atoms with E-state index in [1.807, 2.05) is 25.6 Å². The Labute approximate surface area is 84.9 Å². The van der Waals surface area contributed by atoms with Crippen LogP contribution in [0.1, 0.15) is 33.6 Å². The summed E-state index contributed by atoms with van der Waals surface area (Å²) in [5.74, 6) is 1.39. The monoisotopic (exact) mass is 201 g/mol. The molecule has 0 aromatic heterocycles. The van der Waals surface area contributed by atoms with Crippen LogP contribution in [0.5, 0.6) is 0 Å². The molecule has 0 aromatic rings. The molecule has 0 saturated carbocycles. The topological polar surface area (TPSA) is 29.1 Å². The molecule has 1 N–H and O–H groups in total.